The monoisotopic (exact) mass is 481 g/mol. The molecule has 0 aliphatic heterocycles. The third kappa shape index (κ3) is 4.05. The van der Waals surface area contributed by atoms with E-state index in [9.17, 15) is 26.0 Å². The van der Waals surface area contributed by atoms with Crippen LogP contribution in [0.25, 0.3) is 28.2 Å². The first kappa shape index (κ1) is 22.2. The summed E-state index contributed by atoms with van der Waals surface area (Å²) in [6.07, 6.45) is -3.89. The van der Waals surface area contributed by atoms with Crippen molar-refractivity contribution in [3.8, 4) is 28.2 Å². The molecule has 2 aromatic carbocycles. The van der Waals surface area contributed by atoms with Crippen molar-refractivity contribution < 1.29 is 26.0 Å². The van der Waals surface area contributed by atoms with Gasteiger partial charge in [-0.25, -0.2) is 22.5 Å². The molecular weight excluding hydrogens is 466 g/mol. The number of sulfone groups is 1. The summed E-state index contributed by atoms with van der Waals surface area (Å²) in [4.78, 5) is 4.65. The third-order valence-electron chi connectivity index (χ3n) is 4.76. The Labute approximate surface area is 184 Å². The molecule has 0 amide bonds. The van der Waals surface area contributed by atoms with Crippen LogP contribution >= 0.6 is 11.3 Å². The standard InChI is InChI=1S/C21H15F4N3O2S2/c1-12-20(26-11-31-12)15-6-4-3-5-14(15)17-10-19(21(23,24)25)27-28(17)13-7-8-18(16(22)9-13)32(2,29)30/h3-11H,1-2H3. The van der Waals surface area contributed by atoms with Crippen molar-refractivity contribution in [1.29, 1.82) is 0 Å². The Balaban J connectivity index is 1.98. The number of hydrogen-bond acceptors (Lipinski definition) is 5. The number of thiazole rings is 1. The van der Waals surface area contributed by atoms with Gasteiger partial charge in [0.2, 0.25) is 0 Å². The lowest BCUT2D eigenvalue weighted by Gasteiger charge is -2.12. The van der Waals surface area contributed by atoms with Crippen LogP contribution in [0, 0.1) is 12.7 Å². The number of aromatic nitrogens is 3. The predicted molar refractivity (Wildman–Crippen MR) is 113 cm³/mol. The van der Waals surface area contributed by atoms with Crippen molar-refractivity contribution in [2.75, 3.05) is 6.26 Å². The Morgan fingerprint density at radius 1 is 1.03 bits per heavy atom. The number of rotatable bonds is 4. The molecule has 2 heterocycles. The van der Waals surface area contributed by atoms with Gasteiger partial charge in [-0.2, -0.15) is 18.3 Å². The van der Waals surface area contributed by atoms with Gasteiger partial charge in [0, 0.05) is 28.3 Å². The van der Waals surface area contributed by atoms with Gasteiger partial charge < -0.3 is 0 Å². The second-order valence-electron chi connectivity index (χ2n) is 7.01. The van der Waals surface area contributed by atoms with Gasteiger partial charge in [0.15, 0.2) is 15.5 Å². The highest BCUT2D eigenvalue weighted by atomic mass is 32.2. The van der Waals surface area contributed by atoms with Crippen molar-refractivity contribution in [2.24, 2.45) is 0 Å². The van der Waals surface area contributed by atoms with Crippen LogP contribution in [0.4, 0.5) is 17.6 Å². The molecule has 0 aliphatic carbocycles. The smallest absolute Gasteiger partial charge is 0.244 e. The minimum Gasteiger partial charge on any atom is -0.244 e. The van der Waals surface area contributed by atoms with Gasteiger partial charge in [0.1, 0.15) is 10.7 Å². The van der Waals surface area contributed by atoms with E-state index >= 15 is 0 Å². The van der Waals surface area contributed by atoms with E-state index in [1.54, 1.807) is 29.8 Å². The van der Waals surface area contributed by atoms with E-state index in [4.69, 9.17) is 0 Å². The first-order valence-corrected chi connectivity index (χ1v) is 11.9. The minimum absolute atomic E-state index is 0.0507. The van der Waals surface area contributed by atoms with Gasteiger partial charge in [0.05, 0.1) is 22.6 Å². The Kier molecular flexibility index (Phi) is 5.41. The Hall–Kier alpha value is -3.05. The van der Waals surface area contributed by atoms with Gasteiger partial charge in [0.25, 0.3) is 0 Å². The SMILES string of the molecule is Cc1scnc1-c1ccccc1-c1cc(C(F)(F)F)nn1-c1ccc(S(C)(=O)=O)c(F)c1. The number of nitrogens with zero attached hydrogens (tertiary/aromatic N) is 3. The number of alkyl halides is 3. The molecule has 0 bridgehead atoms. The first-order valence-electron chi connectivity index (χ1n) is 9.14. The lowest BCUT2D eigenvalue weighted by Crippen LogP contribution is -2.08. The summed E-state index contributed by atoms with van der Waals surface area (Å²) in [5, 5.41) is 3.66. The van der Waals surface area contributed by atoms with Crippen molar-refractivity contribution in [2.45, 2.75) is 18.0 Å². The predicted octanol–water partition coefficient (Wildman–Crippen LogP) is 5.53. The largest absolute Gasteiger partial charge is 0.435 e. The molecule has 0 unspecified atom stereocenters. The molecule has 0 radical (unpaired) electrons. The van der Waals surface area contributed by atoms with Gasteiger partial charge in [-0.3, -0.25) is 0 Å². The zero-order valence-corrected chi connectivity index (χ0v) is 18.3. The summed E-state index contributed by atoms with van der Waals surface area (Å²) in [6, 6.07) is 10.7. The number of hydrogen-bond donors (Lipinski definition) is 0. The summed E-state index contributed by atoms with van der Waals surface area (Å²) in [5.41, 5.74) is 2.11. The molecule has 5 nitrogen and oxygen atoms in total. The number of halogens is 4. The molecule has 0 N–H and O–H groups in total. The molecule has 11 heteroatoms. The molecule has 0 aliphatic rings. The zero-order valence-electron chi connectivity index (χ0n) is 16.7. The van der Waals surface area contributed by atoms with Gasteiger partial charge >= 0.3 is 6.18 Å². The highest BCUT2D eigenvalue weighted by Crippen LogP contribution is 2.38. The molecular formula is C21H15F4N3O2S2. The van der Waals surface area contributed by atoms with E-state index in [2.05, 4.69) is 10.1 Å². The Morgan fingerprint density at radius 3 is 2.28 bits per heavy atom. The molecule has 2 aromatic heterocycles. The average molecular weight is 481 g/mol. The van der Waals surface area contributed by atoms with Gasteiger partial charge in [-0.1, -0.05) is 24.3 Å². The zero-order chi connectivity index (χ0) is 23.3. The fourth-order valence-electron chi connectivity index (χ4n) is 3.31. The molecule has 0 fully saturated rings. The number of benzene rings is 2. The fraction of sp³-hybridized carbons (Fsp3) is 0.143. The fourth-order valence-corrected chi connectivity index (χ4v) is 4.63. The van der Waals surface area contributed by atoms with E-state index in [0.29, 0.717) is 16.8 Å². The van der Waals surface area contributed by atoms with Crippen LogP contribution in [-0.2, 0) is 16.0 Å². The Morgan fingerprint density at radius 2 is 1.72 bits per heavy atom. The molecule has 0 saturated heterocycles. The van der Waals surface area contributed by atoms with Crippen LogP contribution in [0.3, 0.4) is 0 Å². The van der Waals surface area contributed by atoms with Crippen molar-refractivity contribution in [3.05, 3.63) is 70.4 Å². The maximum absolute atomic E-state index is 14.5. The van der Waals surface area contributed by atoms with E-state index in [-0.39, 0.29) is 11.4 Å². The van der Waals surface area contributed by atoms with Crippen LogP contribution < -0.4 is 0 Å². The van der Waals surface area contributed by atoms with E-state index in [1.165, 1.54) is 17.4 Å². The molecule has 4 aromatic rings. The maximum Gasteiger partial charge on any atom is 0.435 e. The minimum atomic E-state index is -4.74. The van der Waals surface area contributed by atoms with Gasteiger partial charge in [-0.05, 0) is 25.1 Å². The van der Waals surface area contributed by atoms with Gasteiger partial charge in [-0.15, -0.1) is 11.3 Å². The van der Waals surface area contributed by atoms with Crippen molar-refractivity contribution in [3.63, 3.8) is 0 Å². The first-order chi connectivity index (χ1) is 15.0. The highest BCUT2D eigenvalue weighted by Gasteiger charge is 2.36. The topological polar surface area (TPSA) is 64.8 Å². The normalized spacial score (nSPS) is 12.3. The van der Waals surface area contributed by atoms with Crippen LogP contribution in [0.5, 0.6) is 0 Å². The molecule has 32 heavy (non-hydrogen) atoms. The van der Waals surface area contributed by atoms with Crippen molar-refractivity contribution in [1.82, 2.24) is 14.8 Å². The summed E-state index contributed by atoms with van der Waals surface area (Å²) in [5.74, 6) is -1.08. The average Bonchev–Trinajstić information content (AvgIpc) is 3.33. The summed E-state index contributed by atoms with van der Waals surface area (Å²) < 4.78 is 79.4. The quantitative estimate of drug-likeness (QED) is 0.360. The summed E-state index contributed by atoms with van der Waals surface area (Å²) in [6.45, 7) is 1.85. The lowest BCUT2D eigenvalue weighted by atomic mass is 10.0. The third-order valence-corrected chi connectivity index (χ3v) is 6.65. The Bertz CT molecular complexity index is 1420. The molecule has 4 rings (SSSR count). The summed E-state index contributed by atoms with van der Waals surface area (Å²) in [7, 11) is -3.85. The second-order valence-corrected chi connectivity index (χ2v) is 10.1. The van der Waals surface area contributed by atoms with E-state index in [0.717, 1.165) is 34.0 Å². The van der Waals surface area contributed by atoms with E-state index < -0.39 is 32.4 Å². The summed E-state index contributed by atoms with van der Waals surface area (Å²) >= 11 is 1.40. The van der Waals surface area contributed by atoms with Crippen LogP contribution in [-0.4, -0.2) is 29.4 Å². The molecule has 0 saturated carbocycles. The van der Waals surface area contributed by atoms with E-state index in [1.807, 2.05) is 6.92 Å². The van der Waals surface area contributed by atoms with Crippen LogP contribution in [0.2, 0.25) is 0 Å². The second kappa shape index (κ2) is 7.82. The maximum atomic E-state index is 14.5. The molecule has 0 spiro atoms. The highest BCUT2D eigenvalue weighted by molar-refractivity contribution is 7.90. The molecule has 166 valence electrons. The lowest BCUT2D eigenvalue weighted by molar-refractivity contribution is -0.141. The molecule has 0 atom stereocenters. The van der Waals surface area contributed by atoms with Crippen molar-refractivity contribution >= 4 is 21.2 Å². The van der Waals surface area contributed by atoms with Crippen LogP contribution in [0.1, 0.15) is 10.6 Å². The van der Waals surface area contributed by atoms with Crippen LogP contribution in [0.15, 0.2) is 58.9 Å². The number of aryl methyl sites for hydroxylation is 1.